The Hall–Kier alpha value is -1.65. The molecule has 1 fully saturated rings. The summed E-state index contributed by atoms with van der Waals surface area (Å²) in [6, 6.07) is 3.29. The lowest BCUT2D eigenvalue weighted by Crippen LogP contribution is -2.52. The second kappa shape index (κ2) is 7.30. The van der Waals surface area contributed by atoms with Gasteiger partial charge in [0.1, 0.15) is 11.2 Å². The van der Waals surface area contributed by atoms with Gasteiger partial charge in [0.15, 0.2) is 11.6 Å². The van der Waals surface area contributed by atoms with E-state index in [2.05, 4.69) is 26.7 Å². The van der Waals surface area contributed by atoms with Gasteiger partial charge in [-0.15, -0.1) is 0 Å². The maximum atomic E-state index is 13.6. The smallest absolute Gasteiger partial charge is 0.410 e. The number of amides is 1. The van der Waals surface area contributed by atoms with E-state index < -0.39 is 34.8 Å². The number of ether oxygens (including phenoxy) is 1. The molecule has 1 aliphatic rings. The number of piperidine rings is 1. The molecule has 1 aromatic carbocycles. The summed E-state index contributed by atoms with van der Waals surface area (Å²) in [6.07, 6.45) is -0.370. The highest BCUT2D eigenvalue weighted by Gasteiger charge is 2.44. The van der Waals surface area contributed by atoms with E-state index in [-0.39, 0.29) is 25.1 Å². The third kappa shape index (κ3) is 4.50. The van der Waals surface area contributed by atoms with Crippen molar-refractivity contribution in [2.75, 3.05) is 13.1 Å². The molecule has 1 aliphatic heterocycles. The number of benzene rings is 1. The molecule has 0 bridgehead atoms. The monoisotopic (exact) mass is 415 g/mol. The van der Waals surface area contributed by atoms with Crippen LogP contribution in [0.1, 0.15) is 32.8 Å². The SMILES string of the molecule is CC(C)(C)OC(=O)N1CC[C@](O)(c2ccc(F)c(F)c2)[C@@H](C#CBr)C1. The van der Waals surface area contributed by atoms with Crippen LogP contribution < -0.4 is 0 Å². The van der Waals surface area contributed by atoms with E-state index in [1.807, 2.05) is 0 Å². The first-order valence-corrected chi connectivity index (χ1v) is 8.63. The van der Waals surface area contributed by atoms with E-state index in [9.17, 15) is 18.7 Å². The molecule has 0 aliphatic carbocycles. The fourth-order valence-electron chi connectivity index (χ4n) is 2.78. The van der Waals surface area contributed by atoms with Crippen molar-refractivity contribution in [2.24, 2.45) is 5.92 Å². The van der Waals surface area contributed by atoms with Crippen molar-refractivity contribution < 1.29 is 23.4 Å². The van der Waals surface area contributed by atoms with Gasteiger partial charge in [0.05, 0.1) is 5.92 Å². The first-order valence-electron chi connectivity index (χ1n) is 7.84. The topological polar surface area (TPSA) is 49.8 Å². The number of hydrogen-bond donors (Lipinski definition) is 1. The zero-order chi connectivity index (χ0) is 18.8. The number of aliphatic hydroxyl groups is 1. The Morgan fingerprint density at radius 1 is 1.40 bits per heavy atom. The van der Waals surface area contributed by atoms with Crippen molar-refractivity contribution in [3.05, 3.63) is 35.4 Å². The molecule has 4 nitrogen and oxygen atoms in total. The Morgan fingerprint density at radius 2 is 2.08 bits per heavy atom. The molecular weight excluding hydrogens is 396 g/mol. The van der Waals surface area contributed by atoms with Crippen LogP contribution in [0, 0.1) is 28.3 Å². The van der Waals surface area contributed by atoms with Gasteiger partial charge in [0.25, 0.3) is 0 Å². The lowest BCUT2D eigenvalue weighted by Gasteiger charge is -2.42. The Bertz CT molecular complexity index is 723. The lowest BCUT2D eigenvalue weighted by atomic mass is 9.76. The van der Waals surface area contributed by atoms with Gasteiger partial charge in [-0.2, -0.15) is 0 Å². The van der Waals surface area contributed by atoms with Gasteiger partial charge < -0.3 is 14.7 Å². The first kappa shape index (κ1) is 19.7. The maximum absolute atomic E-state index is 13.6. The van der Waals surface area contributed by atoms with Crippen molar-refractivity contribution in [3.8, 4) is 10.8 Å². The fourth-order valence-corrected chi connectivity index (χ4v) is 3.05. The average Bonchev–Trinajstić information content (AvgIpc) is 2.50. The van der Waals surface area contributed by atoms with Crippen LogP contribution in [0.25, 0.3) is 0 Å². The fraction of sp³-hybridized carbons (Fsp3) is 0.500. The minimum atomic E-state index is -1.49. The third-order valence-corrected chi connectivity index (χ3v) is 4.27. The van der Waals surface area contributed by atoms with Crippen molar-refractivity contribution in [2.45, 2.75) is 38.4 Å². The minimum absolute atomic E-state index is 0.114. The van der Waals surface area contributed by atoms with E-state index in [4.69, 9.17) is 4.74 Å². The lowest BCUT2D eigenvalue weighted by molar-refractivity contribution is -0.0607. The Kier molecular flexibility index (Phi) is 5.75. The van der Waals surface area contributed by atoms with Crippen LogP contribution in [-0.2, 0) is 10.3 Å². The number of halogens is 3. The number of likely N-dealkylation sites (tertiary alicyclic amines) is 1. The zero-order valence-electron chi connectivity index (χ0n) is 14.3. The van der Waals surface area contributed by atoms with Gasteiger partial charge in [-0.3, -0.25) is 0 Å². The molecule has 1 amide bonds. The van der Waals surface area contributed by atoms with Gasteiger partial charge in [0, 0.05) is 29.0 Å². The molecule has 2 rings (SSSR count). The molecule has 0 saturated carbocycles. The van der Waals surface area contributed by atoms with Crippen LogP contribution in [0.3, 0.4) is 0 Å². The molecule has 25 heavy (non-hydrogen) atoms. The van der Waals surface area contributed by atoms with Crippen LogP contribution >= 0.6 is 15.9 Å². The highest BCUT2D eigenvalue weighted by Crippen LogP contribution is 2.38. The summed E-state index contributed by atoms with van der Waals surface area (Å²) < 4.78 is 32.1. The summed E-state index contributed by atoms with van der Waals surface area (Å²) in [7, 11) is 0. The summed E-state index contributed by atoms with van der Waals surface area (Å²) in [5.41, 5.74) is -1.90. The molecule has 0 spiro atoms. The highest BCUT2D eigenvalue weighted by molar-refractivity contribution is 9.12. The van der Waals surface area contributed by atoms with Crippen molar-refractivity contribution >= 4 is 22.0 Å². The quantitative estimate of drug-likeness (QED) is 0.710. The summed E-state index contributed by atoms with van der Waals surface area (Å²) in [4.78, 5) is 16.3. The van der Waals surface area contributed by atoms with Gasteiger partial charge in [-0.05, 0) is 49.7 Å². The molecule has 1 aromatic rings. The summed E-state index contributed by atoms with van der Waals surface area (Å²) in [6.45, 7) is 5.63. The van der Waals surface area contributed by atoms with Crippen LogP contribution in [-0.4, -0.2) is 34.8 Å². The molecule has 0 unspecified atom stereocenters. The minimum Gasteiger partial charge on any atom is -0.444 e. The average molecular weight is 416 g/mol. The van der Waals surface area contributed by atoms with Gasteiger partial charge >= 0.3 is 6.09 Å². The summed E-state index contributed by atoms with van der Waals surface area (Å²) in [5, 5.41) is 11.1. The van der Waals surface area contributed by atoms with Gasteiger partial charge in [0.2, 0.25) is 0 Å². The predicted molar refractivity (Wildman–Crippen MR) is 92.9 cm³/mol. The van der Waals surface area contributed by atoms with Crippen LogP contribution in [0.5, 0.6) is 0 Å². The third-order valence-electron chi connectivity index (χ3n) is 4.04. The first-order chi connectivity index (χ1) is 11.6. The molecule has 136 valence electrons. The van der Waals surface area contributed by atoms with Gasteiger partial charge in [-0.1, -0.05) is 12.0 Å². The van der Waals surface area contributed by atoms with Crippen molar-refractivity contribution in [1.82, 2.24) is 4.90 Å². The molecule has 1 N–H and O–H groups in total. The number of nitrogens with zero attached hydrogens (tertiary/aromatic N) is 1. The highest BCUT2D eigenvalue weighted by atomic mass is 79.9. The molecule has 1 saturated heterocycles. The predicted octanol–water partition coefficient (Wildman–Crippen LogP) is 3.77. The molecule has 0 aromatic heterocycles. The van der Waals surface area contributed by atoms with E-state index >= 15 is 0 Å². The van der Waals surface area contributed by atoms with Crippen LogP contribution in [0.15, 0.2) is 18.2 Å². The zero-order valence-corrected chi connectivity index (χ0v) is 15.9. The van der Waals surface area contributed by atoms with E-state index in [1.54, 1.807) is 20.8 Å². The van der Waals surface area contributed by atoms with Gasteiger partial charge in [-0.25, -0.2) is 13.6 Å². The number of carbonyl (C=O) groups is 1. The standard InChI is InChI=1S/C18H20BrF2NO3/c1-17(2,3)25-16(23)22-9-7-18(24,13(11-22)6-8-19)12-4-5-14(20)15(21)10-12/h4-5,10,13,24H,7,9,11H2,1-3H3/t13-,18-/m0/s1. The Morgan fingerprint density at radius 3 is 2.64 bits per heavy atom. The molecule has 7 heteroatoms. The van der Waals surface area contributed by atoms with E-state index in [1.165, 1.54) is 11.0 Å². The molecule has 2 atom stereocenters. The number of hydrogen-bond acceptors (Lipinski definition) is 3. The molecule has 0 radical (unpaired) electrons. The maximum Gasteiger partial charge on any atom is 0.410 e. The number of carbonyl (C=O) groups excluding carboxylic acids is 1. The molecule has 1 heterocycles. The Balaban J connectivity index is 2.28. The van der Waals surface area contributed by atoms with E-state index in [0.717, 1.165) is 12.1 Å². The van der Waals surface area contributed by atoms with Crippen molar-refractivity contribution in [1.29, 1.82) is 0 Å². The Labute approximate surface area is 154 Å². The van der Waals surface area contributed by atoms with Crippen LogP contribution in [0.2, 0.25) is 0 Å². The van der Waals surface area contributed by atoms with E-state index in [0.29, 0.717) is 0 Å². The normalized spacial score (nSPS) is 23.6. The summed E-state index contributed by atoms with van der Waals surface area (Å²) in [5.74, 6) is 0.103. The second-order valence-electron chi connectivity index (χ2n) is 7.02. The molecular formula is C18H20BrF2NO3. The van der Waals surface area contributed by atoms with Crippen LogP contribution in [0.4, 0.5) is 13.6 Å². The summed E-state index contributed by atoms with van der Waals surface area (Å²) >= 11 is 3.00. The largest absolute Gasteiger partial charge is 0.444 e. The van der Waals surface area contributed by atoms with Crippen molar-refractivity contribution in [3.63, 3.8) is 0 Å². The second-order valence-corrected chi connectivity index (χ2v) is 7.42. The number of rotatable bonds is 1.